The zero-order chi connectivity index (χ0) is 14.8. The number of aromatic nitrogens is 3. The number of aryl methyl sites for hydroxylation is 2. The fraction of sp³-hybridized carbons (Fsp3) is 0.438. The van der Waals surface area contributed by atoms with E-state index >= 15 is 0 Å². The highest BCUT2D eigenvalue weighted by Crippen LogP contribution is 2.36. The van der Waals surface area contributed by atoms with Crippen LogP contribution in [0, 0.1) is 6.92 Å². The van der Waals surface area contributed by atoms with E-state index in [1.54, 1.807) is 11.7 Å². The van der Waals surface area contributed by atoms with E-state index in [1.807, 2.05) is 19.1 Å². The Bertz CT molecular complexity index is 621. The van der Waals surface area contributed by atoms with E-state index in [1.165, 1.54) is 24.8 Å². The molecular weight excluding hydrogens is 264 g/mol. The smallest absolute Gasteiger partial charge is 0.248 e. The lowest BCUT2D eigenvalue weighted by atomic mass is 9.80. The van der Waals surface area contributed by atoms with Crippen molar-refractivity contribution < 1.29 is 4.79 Å². The van der Waals surface area contributed by atoms with Crippen LogP contribution in [0.15, 0.2) is 24.3 Å². The molecule has 0 bridgehead atoms. The minimum atomic E-state index is -0.0861. The quantitative estimate of drug-likeness (QED) is 0.938. The Kier molecular flexibility index (Phi) is 3.73. The number of rotatable bonds is 4. The number of nitrogens with one attached hydrogen (secondary N) is 1. The zero-order valence-corrected chi connectivity index (χ0v) is 12.5. The van der Waals surface area contributed by atoms with Gasteiger partial charge in [-0.3, -0.25) is 14.8 Å². The summed E-state index contributed by atoms with van der Waals surface area (Å²) in [6.45, 7) is 1.85. The van der Waals surface area contributed by atoms with E-state index in [-0.39, 0.29) is 5.91 Å². The second kappa shape index (κ2) is 5.68. The maximum Gasteiger partial charge on any atom is 0.248 e. The SMILES string of the molecule is Cc1nc(NC(=O)Cc2ccc(C3CCC3)cc2)nn1C. The highest BCUT2D eigenvalue weighted by Gasteiger charge is 2.19. The number of amides is 1. The molecule has 1 aliphatic rings. The number of hydrogen-bond donors (Lipinski definition) is 1. The third kappa shape index (κ3) is 3.12. The second-order valence-electron chi connectivity index (χ2n) is 5.70. The largest absolute Gasteiger partial charge is 0.293 e. The third-order valence-corrected chi connectivity index (χ3v) is 4.15. The van der Waals surface area contributed by atoms with Gasteiger partial charge in [-0.15, -0.1) is 5.10 Å². The lowest BCUT2D eigenvalue weighted by molar-refractivity contribution is -0.115. The molecule has 1 aromatic heterocycles. The molecule has 1 aromatic carbocycles. The number of carbonyl (C=O) groups is 1. The normalized spacial score (nSPS) is 14.8. The minimum Gasteiger partial charge on any atom is -0.293 e. The second-order valence-corrected chi connectivity index (χ2v) is 5.70. The molecule has 1 saturated carbocycles. The highest BCUT2D eigenvalue weighted by molar-refractivity contribution is 5.90. The molecule has 1 fully saturated rings. The van der Waals surface area contributed by atoms with E-state index in [4.69, 9.17) is 0 Å². The van der Waals surface area contributed by atoms with Gasteiger partial charge in [0.05, 0.1) is 6.42 Å². The van der Waals surface area contributed by atoms with Crippen molar-refractivity contribution >= 4 is 11.9 Å². The fourth-order valence-corrected chi connectivity index (χ4v) is 2.52. The van der Waals surface area contributed by atoms with Crippen molar-refractivity contribution in [3.8, 4) is 0 Å². The van der Waals surface area contributed by atoms with Gasteiger partial charge in [-0.2, -0.15) is 4.98 Å². The molecule has 0 unspecified atom stereocenters. The van der Waals surface area contributed by atoms with Gasteiger partial charge in [-0.25, -0.2) is 0 Å². The van der Waals surface area contributed by atoms with Gasteiger partial charge < -0.3 is 0 Å². The van der Waals surface area contributed by atoms with Crippen molar-refractivity contribution in [2.75, 3.05) is 5.32 Å². The third-order valence-electron chi connectivity index (χ3n) is 4.15. The van der Waals surface area contributed by atoms with Crippen LogP contribution in [-0.2, 0) is 18.3 Å². The van der Waals surface area contributed by atoms with Gasteiger partial charge in [0.15, 0.2) is 0 Å². The van der Waals surface area contributed by atoms with Crippen molar-refractivity contribution in [3.63, 3.8) is 0 Å². The number of anilines is 1. The van der Waals surface area contributed by atoms with E-state index in [2.05, 4.69) is 27.5 Å². The molecular formula is C16H20N4O. The lowest BCUT2D eigenvalue weighted by Crippen LogP contribution is -2.15. The van der Waals surface area contributed by atoms with Crippen molar-refractivity contribution in [1.29, 1.82) is 0 Å². The molecule has 1 amide bonds. The summed E-state index contributed by atoms with van der Waals surface area (Å²) in [7, 11) is 1.80. The van der Waals surface area contributed by atoms with Gasteiger partial charge in [0.2, 0.25) is 11.9 Å². The van der Waals surface area contributed by atoms with Crippen molar-refractivity contribution in [2.24, 2.45) is 7.05 Å². The van der Waals surface area contributed by atoms with Crippen LogP contribution in [0.2, 0.25) is 0 Å². The van der Waals surface area contributed by atoms with Crippen LogP contribution in [0.5, 0.6) is 0 Å². The van der Waals surface area contributed by atoms with Crippen LogP contribution < -0.4 is 5.32 Å². The number of benzene rings is 1. The Morgan fingerprint density at radius 3 is 2.57 bits per heavy atom. The van der Waals surface area contributed by atoms with Crippen LogP contribution in [0.1, 0.15) is 42.1 Å². The first-order valence-corrected chi connectivity index (χ1v) is 7.38. The molecule has 5 nitrogen and oxygen atoms in total. The monoisotopic (exact) mass is 284 g/mol. The summed E-state index contributed by atoms with van der Waals surface area (Å²) in [5, 5.41) is 6.85. The van der Waals surface area contributed by atoms with Gasteiger partial charge in [0, 0.05) is 7.05 Å². The molecule has 1 aliphatic carbocycles. The van der Waals surface area contributed by atoms with E-state index in [9.17, 15) is 4.79 Å². The first kappa shape index (κ1) is 13.8. The van der Waals surface area contributed by atoms with Crippen molar-refractivity contribution in [1.82, 2.24) is 14.8 Å². The topological polar surface area (TPSA) is 59.8 Å². The maximum atomic E-state index is 12.0. The maximum absolute atomic E-state index is 12.0. The molecule has 0 aliphatic heterocycles. The summed E-state index contributed by atoms with van der Waals surface area (Å²) in [4.78, 5) is 16.2. The van der Waals surface area contributed by atoms with Crippen LogP contribution in [0.25, 0.3) is 0 Å². The van der Waals surface area contributed by atoms with Gasteiger partial charge in [-0.1, -0.05) is 30.7 Å². The van der Waals surface area contributed by atoms with E-state index in [0.29, 0.717) is 12.4 Å². The Morgan fingerprint density at radius 1 is 1.33 bits per heavy atom. The fourth-order valence-electron chi connectivity index (χ4n) is 2.52. The van der Waals surface area contributed by atoms with E-state index < -0.39 is 0 Å². The molecule has 0 atom stereocenters. The summed E-state index contributed by atoms with van der Waals surface area (Å²) in [6, 6.07) is 8.39. The highest BCUT2D eigenvalue weighted by atomic mass is 16.1. The molecule has 0 spiro atoms. The Balaban J connectivity index is 1.59. The molecule has 1 N–H and O–H groups in total. The molecule has 1 heterocycles. The van der Waals surface area contributed by atoms with Crippen molar-refractivity contribution in [2.45, 2.75) is 38.5 Å². The average Bonchev–Trinajstić information content (AvgIpc) is 2.68. The molecule has 0 saturated heterocycles. The predicted octanol–water partition coefficient (Wildman–Crippen LogP) is 2.57. The molecule has 2 aromatic rings. The van der Waals surface area contributed by atoms with Crippen LogP contribution >= 0.6 is 0 Å². The number of nitrogens with zero attached hydrogens (tertiary/aromatic N) is 3. The van der Waals surface area contributed by atoms with Gasteiger partial charge in [-0.05, 0) is 36.8 Å². The van der Waals surface area contributed by atoms with Gasteiger partial charge >= 0.3 is 0 Å². The van der Waals surface area contributed by atoms with Gasteiger partial charge in [0.1, 0.15) is 5.82 Å². The first-order valence-electron chi connectivity index (χ1n) is 7.38. The Hall–Kier alpha value is -2.17. The summed E-state index contributed by atoms with van der Waals surface area (Å²) in [5.74, 6) is 1.78. The number of carbonyl (C=O) groups excluding carboxylic acids is 1. The Morgan fingerprint density at radius 2 is 2.05 bits per heavy atom. The summed E-state index contributed by atoms with van der Waals surface area (Å²) < 4.78 is 1.64. The van der Waals surface area contributed by atoms with Crippen molar-refractivity contribution in [3.05, 3.63) is 41.2 Å². The number of hydrogen-bond acceptors (Lipinski definition) is 3. The molecule has 110 valence electrons. The summed E-state index contributed by atoms with van der Waals surface area (Å²) >= 11 is 0. The average molecular weight is 284 g/mol. The molecule has 21 heavy (non-hydrogen) atoms. The first-order chi connectivity index (χ1) is 10.1. The molecule has 5 heteroatoms. The predicted molar refractivity (Wildman–Crippen MR) is 81.1 cm³/mol. The van der Waals surface area contributed by atoms with Crippen LogP contribution in [-0.4, -0.2) is 20.7 Å². The lowest BCUT2D eigenvalue weighted by Gasteiger charge is -2.25. The van der Waals surface area contributed by atoms with Gasteiger partial charge in [0.25, 0.3) is 0 Å². The summed E-state index contributed by atoms with van der Waals surface area (Å²) in [6.07, 6.45) is 4.28. The minimum absolute atomic E-state index is 0.0861. The zero-order valence-electron chi connectivity index (χ0n) is 12.5. The molecule has 0 radical (unpaired) electrons. The molecule has 3 rings (SSSR count). The standard InChI is InChI=1S/C16H20N4O/c1-11-17-16(19-20(11)2)18-15(21)10-12-6-8-14(9-7-12)13-4-3-5-13/h6-9,13H,3-5,10H2,1-2H3,(H,18,19,21). The summed E-state index contributed by atoms with van der Waals surface area (Å²) in [5.41, 5.74) is 2.41. The van der Waals surface area contributed by atoms with E-state index in [0.717, 1.165) is 17.3 Å². The Labute approximate surface area is 124 Å². The van der Waals surface area contributed by atoms with Crippen LogP contribution in [0.4, 0.5) is 5.95 Å². The van der Waals surface area contributed by atoms with Crippen LogP contribution in [0.3, 0.4) is 0 Å².